The fraction of sp³-hybridized carbons (Fsp3) is 0.385. The van der Waals surface area contributed by atoms with Gasteiger partial charge in [-0.15, -0.1) is 0 Å². The van der Waals surface area contributed by atoms with Crippen molar-refractivity contribution in [2.75, 3.05) is 7.05 Å². The van der Waals surface area contributed by atoms with Crippen molar-refractivity contribution in [2.45, 2.75) is 26.2 Å². The van der Waals surface area contributed by atoms with Crippen LogP contribution in [0.5, 0.6) is 0 Å². The highest BCUT2D eigenvalue weighted by Gasteiger charge is 1.95. The Morgan fingerprint density at radius 2 is 2.00 bits per heavy atom. The predicted octanol–water partition coefficient (Wildman–Crippen LogP) is 3.13. The van der Waals surface area contributed by atoms with Crippen LogP contribution in [-0.2, 0) is 6.42 Å². The predicted molar refractivity (Wildman–Crippen MR) is 62.2 cm³/mol. The zero-order valence-corrected chi connectivity index (χ0v) is 9.09. The van der Waals surface area contributed by atoms with Gasteiger partial charge in [-0.1, -0.05) is 43.3 Å². The molecule has 1 heteroatoms. The molecule has 0 heterocycles. The van der Waals surface area contributed by atoms with Crippen LogP contribution in [-0.4, -0.2) is 7.05 Å². The Balaban J connectivity index is 2.44. The molecule has 1 aromatic carbocycles. The molecule has 1 N–H and O–H groups in total. The number of hydrogen-bond acceptors (Lipinski definition) is 1. The smallest absolute Gasteiger partial charge is 0.00667 e. The molecule has 0 saturated heterocycles. The van der Waals surface area contributed by atoms with Crippen molar-refractivity contribution in [2.24, 2.45) is 0 Å². The summed E-state index contributed by atoms with van der Waals surface area (Å²) in [6.45, 7) is 2.17. The second kappa shape index (κ2) is 6.25. The van der Waals surface area contributed by atoms with E-state index in [9.17, 15) is 0 Å². The second-order valence-corrected chi connectivity index (χ2v) is 3.37. The van der Waals surface area contributed by atoms with Crippen LogP contribution in [0.1, 0.15) is 25.3 Å². The zero-order chi connectivity index (χ0) is 10.2. The molecular formula is C13H19N. The summed E-state index contributed by atoms with van der Waals surface area (Å²) >= 11 is 0. The molecule has 0 aliphatic heterocycles. The Hall–Kier alpha value is -1.24. The van der Waals surface area contributed by atoms with E-state index in [-0.39, 0.29) is 0 Å². The standard InChI is InChI=1S/C13H19N/c1-3-7-13(14-2)11-10-12-8-5-4-6-9-12/h4-9,14H,3,10-11H2,1-2H3/b13-7-. The van der Waals surface area contributed by atoms with E-state index < -0.39 is 0 Å². The Labute approximate surface area is 86.8 Å². The van der Waals surface area contributed by atoms with Crippen LogP contribution in [0.25, 0.3) is 0 Å². The lowest BCUT2D eigenvalue weighted by atomic mass is 10.1. The minimum absolute atomic E-state index is 1.10. The van der Waals surface area contributed by atoms with E-state index in [1.54, 1.807) is 0 Å². The van der Waals surface area contributed by atoms with Crippen molar-refractivity contribution < 1.29 is 0 Å². The van der Waals surface area contributed by atoms with E-state index in [4.69, 9.17) is 0 Å². The van der Waals surface area contributed by atoms with Gasteiger partial charge in [0.05, 0.1) is 0 Å². The minimum Gasteiger partial charge on any atom is -0.392 e. The third kappa shape index (κ3) is 3.65. The van der Waals surface area contributed by atoms with Crippen LogP contribution in [0.3, 0.4) is 0 Å². The summed E-state index contributed by atoms with van der Waals surface area (Å²) in [5.74, 6) is 0. The SMILES string of the molecule is CC/C=C(/CCc1ccccc1)NC. The Morgan fingerprint density at radius 3 is 2.57 bits per heavy atom. The normalized spacial score (nSPS) is 11.4. The highest BCUT2D eigenvalue weighted by atomic mass is 14.8. The molecule has 0 fully saturated rings. The Kier molecular flexibility index (Phi) is 4.84. The summed E-state index contributed by atoms with van der Waals surface area (Å²) in [5, 5.41) is 3.23. The summed E-state index contributed by atoms with van der Waals surface area (Å²) in [6, 6.07) is 10.6. The lowest BCUT2D eigenvalue weighted by Gasteiger charge is -2.06. The number of hydrogen-bond donors (Lipinski definition) is 1. The maximum Gasteiger partial charge on any atom is 0.00667 e. The van der Waals surface area contributed by atoms with Crippen molar-refractivity contribution in [1.29, 1.82) is 0 Å². The average Bonchev–Trinajstić information content (AvgIpc) is 2.25. The topological polar surface area (TPSA) is 12.0 Å². The first kappa shape index (κ1) is 10.8. The van der Waals surface area contributed by atoms with Gasteiger partial charge in [-0.2, -0.15) is 0 Å². The van der Waals surface area contributed by atoms with Crippen molar-refractivity contribution in [3.05, 3.63) is 47.7 Å². The molecule has 0 aliphatic carbocycles. The number of allylic oxidation sites excluding steroid dienone is 2. The van der Waals surface area contributed by atoms with Crippen LogP contribution >= 0.6 is 0 Å². The molecule has 0 spiro atoms. The first-order valence-corrected chi connectivity index (χ1v) is 5.27. The summed E-state index contributed by atoms with van der Waals surface area (Å²) in [7, 11) is 1.99. The van der Waals surface area contributed by atoms with Crippen LogP contribution < -0.4 is 5.32 Å². The van der Waals surface area contributed by atoms with Crippen LogP contribution in [0.2, 0.25) is 0 Å². The molecule has 0 saturated carbocycles. The van der Waals surface area contributed by atoms with Crippen LogP contribution in [0.15, 0.2) is 42.1 Å². The molecule has 0 aromatic heterocycles. The molecule has 0 amide bonds. The average molecular weight is 189 g/mol. The van der Waals surface area contributed by atoms with Gasteiger partial charge in [0.25, 0.3) is 0 Å². The molecule has 76 valence electrons. The summed E-state index contributed by atoms with van der Waals surface area (Å²) < 4.78 is 0. The zero-order valence-electron chi connectivity index (χ0n) is 9.09. The van der Waals surface area contributed by atoms with Crippen molar-refractivity contribution in [3.63, 3.8) is 0 Å². The van der Waals surface area contributed by atoms with Gasteiger partial charge in [0.2, 0.25) is 0 Å². The van der Waals surface area contributed by atoms with E-state index in [2.05, 4.69) is 48.6 Å². The second-order valence-electron chi connectivity index (χ2n) is 3.37. The number of aryl methyl sites for hydroxylation is 1. The molecule has 1 rings (SSSR count). The maximum atomic E-state index is 3.23. The minimum atomic E-state index is 1.10. The largest absolute Gasteiger partial charge is 0.392 e. The van der Waals surface area contributed by atoms with Crippen molar-refractivity contribution in [1.82, 2.24) is 5.32 Å². The summed E-state index contributed by atoms with van der Waals surface area (Å²) in [5.41, 5.74) is 2.75. The van der Waals surface area contributed by atoms with Gasteiger partial charge < -0.3 is 5.32 Å². The van der Waals surface area contributed by atoms with Gasteiger partial charge in [-0.3, -0.25) is 0 Å². The van der Waals surface area contributed by atoms with Gasteiger partial charge >= 0.3 is 0 Å². The molecule has 1 aromatic rings. The lowest BCUT2D eigenvalue weighted by molar-refractivity contribution is 0.825. The van der Waals surface area contributed by atoms with Gasteiger partial charge in [0.15, 0.2) is 0 Å². The molecule has 0 aliphatic rings. The first-order chi connectivity index (χ1) is 6.86. The molecule has 0 radical (unpaired) electrons. The molecule has 0 atom stereocenters. The van der Waals surface area contributed by atoms with Crippen LogP contribution in [0, 0.1) is 0 Å². The number of benzene rings is 1. The van der Waals surface area contributed by atoms with Gasteiger partial charge in [0, 0.05) is 12.7 Å². The molecule has 0 unspecified atom stereocenters. The number of nitrogens with one attached hydrogen (secondary N) is 1. The first-order valence-electron chi connectivity index (χ1n) is 5.27. The molecule has 14 heavy (non-hydrogen) atoms. The molecule has 0 bridgehead atoms. The van der Waals surface area contributed by atoms with E-state index in [0.29, 0.717) is 0 Å². The quantitative estimate of drug-likeness (QED) is 0.750. The van der Waals surface area contributed by atoms with E-state index in [1.807, 2.05) is 7.05 Å². The van der Waals surface area contributed by atoms with E-state index in [0.717, 1.165) is 19.3 Å². The summed E-state index contributed by atoms with van der Waals surface area (Å²) in [4.78, 5) is 0. The summed E-state index contributed by atoms with van der Waals surface area (Å²) in [6.07, 6.45) is 5.58. The van der Waals surface area contributed by atoms with E-state index >= 15 is 0 Å². The van der Waals surface area contributed by atoms with Crippen molar-refractivity contribution >= 4 is 0 Å². The molecule has 1 nitrogen and oxygen atoms in total. The van der Waals surface area contributed by atoms with E-state index in [1.165, 1.54) is 11.3 Å². The van der Waals surface area contributed by atoms with Gasteiger partial charge in [-0.25, -0.2) is 0 Å². The monoisotopic (exact) mass is 189 g/mol. The molecular weight excluding hydrogens is 170 g/mol. The Bertz CT molecular complexity index is 275. The third-order valence-electron chi connectivity index (χ3n) is 2.30. The van der Waals surface area contributed by atoms with Crippen LogP contribution in [0.4, 0.5) is 0 Å². The van der Waals surface area contributed by atoms with Gasteiger partial charge in [0.1, 0.15) is 0 Å². The van der Waals surface area contributed by atoms with Crippen molar-refractivity contribution in [3.8, 4) is 0 Å². The third-order valence-corrected chi connectivity index (χ3v) is 2.30. The fourth-order valence-electron chi connectivity index (χ4n) is 1.50. The highest BCUT2D eigenvalue weighted by molar-refractivity contribution is 5.16. The van der Waals surface area contributed by atoms with Gasteiger partial charge in [-0.05, 0) is 24.8 Å². The number of rotatable bonds is 5. The fourth-order valence-corrected chi connectivity index (χ4v) is 1.50. The highest BCUT2D eigenvalue weighted by Crippen LogP contribution is 2.07. The maximum absolute atomic E-state index is 3.23. The lowest BCUT2D eigenvalue weighted by Crippen LogP contribution is -2.06. The Morgan fingerprint density at radius 1 is 1.29 bits per heavy atom.